The third kappa shape index (κ3) is 2.68. The molecule has 4 heteroatoms. The number of pyridine rings is 1. The number of nitrogens with two attached hydrogens (primary N) is 1. The van der Waals surface area contributed by atoms with Gasteiger partial charge in [-0.3, -0.25) is 0 Å². The van der Waals surface area contributed by atoms with Gasteiger partial charge >= 0.3 is 0 Å². The molecule has 112 valence electrons. The number of nitrogens with zero attached hydrogens (tertiary/aromatic N) is 2. The molecule has 1 aliphatic rings. The second-order valence-electron chi connectivity index (χ2n) is 5.90. The quantitative estimate of drug-likeness (QED) is 0.942. The van der Waals surface area contributed by atoms with Crippen molar-refractivity contribution in [3.05, 3.63) is 30.5 Å². The molecular formula is C17H23N3O. The van der Waals surface area contributed by atoms with E-state index in [9.17, 15) is 0 Å². The van der Waals surface area contributed by atoms with Gasteiger partial charge in [-0.25, -0.2) is 4.98 Å². The number of aromatic nitrogens is 1. The molecule has 0 amide bonds. The zero-order valence-corrected chi connectivity index (χ0v) is 12.7. The van der Waals surface area contributed by atoms with Crippen LogP contribution in [0.1, 0.15) is 19.8 Å². The van der Waals surface area contributed by atoms with Crippen LogP contribution >= 0.6 is 0 Å². The number of benzene rings is 1. The standard InChI is InChI=1S/C17H23N3O/c1-12(18)13-5-4-10-20(11-13)17-15-6-3-7-16(21-2)14(15)8-9-19-17/h3,6-9,12-13H,4-5,10-11,18H2,1-2H3. The number of ether oxygens (including phenoxy) is 1. The van der Waals surface area contributed by atoms with E-state index in [1.54, 1.807) is 7.11 Å². The van der Waals surface area contributed by atoms with Crippen LogP contribution in [0, 0.1) is 5.92 Å². The SMILES string of the molecule is COc1cccc2c(N3CCCC(C(C)N)C3)nccc12. The van der Waals surface area contributed by atoms with Crippen molar-refractivity contribution in [2.45, 2.75) is 25.8 Å². The van der Waals surface area contributed by atoms with E-state index < -0.39 is 0 Å². The molecule has 1 aliphatic heterocycles. The summed E-state index contributed by atoms with van der Waals surface area (Å²) in [7, 11) is 1.71. The number of fused-ring (bicyclic) bond motifs is 1. The van der Waals surface area contributed by atoms with Gasteiger partial charge in [-0.1, -0.05) is 12.1 Å². The minimum Gasteiger partial charge on any atom is -0.496 e. The van der Waals surface area contributed by atoms with Crippen LogP contribution in [0.25, 0.3) is 10.8 Å². The molecule has 1 fully saturated rings. The first kappa shape index (κ1) is 14.1. The van der Waals surface area contributed by atoms with Gasteiger partial charge in [0, 0.05) is 36.1 Å². The lowest BCUT2D eigenvalue weighted by Gasteiger charge is -2.36. The lowest BCUT2D eigenvalue weighted by molar-refractivity contribution is 0.363. The summed E-state index contributed by atoms with van der Waals surface area (Å²) in [5.41, 5.74) is 6.10. The fourth-order valence-corrected chi connectivity index (χ4v) is 3.22. The molecule has 4 nitrogen and oxygen atoms in total. The van der Waals surface area contributed by atoms with Crippen LogP contribution < -0.4 is 15.4 Å². The Hall–Kier alpha value is -1.81. The van der Waals surface area contributed by atoms with Gasteiger partial charge in [0.25, 0.3) is 0 Å². The van der Waals surface area contributed by atoms with Crippen LogP contribution in [0.2, 0.25) is 0 Å². The van der Waals surface area contributed by atoms with Crippen LogP contribution in [-0.2, 0) is 0 Å². The Bertz CT molecular complexity index is 626. The molecule has 2 atom stereocenters. The molecule has 2 aromatic rings. The minimum atomic E-state index is 0.234. The first-order valence-electron chi connectivity index (χ1n) is 7.63. The molecule has 0 saturated carbocycles. The van der Waals surface area contributed by atoms with Crippen molar-refractivity contribution in [1.29, 1.82) is 0 Å². The van der Waals surface area contributed by atoms with Crippen molar-refractivity contribution in [3.8, 4) is 5.75 Å². The summed E-state index contributed by atoms with van der Waals surface area (Å²) in [5, 5.41) is 2.27. The average molecular weight is 285 g/mol. The van der Waals surface area contributed by atoms with Gasteiger partial charge in [-0.05, 0) is 37.8 Å². The van der Waals surface area contributed by atoms with Crippen LogP contribution in [0.3, 0.4) is 0 Å². The molecule has 1 aromatic carbocycles. The summed E-state index contributed by atoms with van der Waals surface area (Å²) in [6, 6.07) is 8.39. The van der Waals surface area contributed by atoms with Crippen molar-refractivity contribution in [2.75, 3.05) is 25.1 Å². The second-order valence-corrected chi connectivity index (χ2v) is 5.90. The van der Waals surface area contributed by atoms with Crippen molar-refractivity contribution in [2.24, 2.45) is 11.7 Å². The molecule has 2 unspecified atom stereocenters. The maximum atomic E-state index is 6.10. The zero-order chi connectivity index (χ0) is 14.8. The monoisotopic (exact) mass is 285 g/mol. The Morgan fingerprint density at radius 1 is 1.33 bits per heavy atom. The molecule has 21 heavy (non-hydrogen) atoms. The van der Waals surface area contributed by atoms with Crippen molar-refractivity contribution in [1.82, 2.24) is 4.98 Å². The molecule has 2 N–H and O–H groups in total. The first-order valence-corrected chi connectivity index (χ1v) is 7.63. The van der Waals surface area contributed by atoms with Gasteiger partial charge in [0.15, 0.2) is 0 Å². The van der Waals surface area contributed by atoms with Crippen molar-refractivity contribution in [3.63, 3.8) is 0 Å². The Balaban J connectivity index is 2.00. The smallest absolute Gasteiger partial charge is 0.136 e. The largest absolute Gasteiger partial charge is 0.496 e. The Morgan fingerprint density at radius 2 is 2.19 bits per heavy atom. The lowest BCUT2D eigenvalue weighted by Crippen LogP contribution is -2.42. The first-order chi connectivity index (χ1) is 10.2. The van der Waals surface area contributed by atoms with Gasteiger partial charge in [0.2, 0.25) is 0 Å². The summed E-state index contributed by atoms with van der Waals surface area (Å²) in [4.78, 5) is 7.00. The van der Waals surface area contributed by atoms with E-state index in [0.29, 0.717) is 5.92 Å². The van der Waals surface area contributed by atoms with Gasteiger partial charge in [-0.2, -0.15) is 0 Å². The molecule has 0 aliphatic carbocycles. The van der Waals surface area contributed by atoms with E-state index in [1.165, 1.54) is 12.8 Å². The van der Waals surface area contributed by atoms with Gasteiger partial charge < -0.3 is 15.4 Å². The molecule has 2 heterocycles. The number of rotatable bonds is 3. The van der Waals surface area contributed by atoms with Gasteiger partial charge in [0.05, 0.1) is 7.11 Å². The summed E-state index contributed by atoms with van der Waals surface area (Å²) >= 11 is 0. The highest BCUT2D eigenvalue weighted by Gasteiger charge is 2.24. The van der Waals surface area contributed by atoms with Crippen LogP contribution in [-0.4, -0.2) is 31.2 Å². The predicted octanol–water partition coefficient (Wildman–Crippen LogP) is 2.81. The van der Waals surface area contributed by atoms with E-state index >= 15 is 0 Å². The number of methoxy groups -OCH3 is 1. The molecule has 0 radical (unpaired) electrons. The Morgan fingerprint density at radius 3 is 2.95 bits per heavy atom. The summed E-state index contributed by atoms with van der Waals surface area (Å²) < 4.78 is 5.46. The molecule has 1 saturated heterocycles. The maximum absolute atomic E-state index is 6.10. The topological polar surface area (TPSA) is 51.4 Å². The average Bonchev–Trinajstić information content (AvgIpc) is 2.53. The van der Waals surface area contributed by atoms with E-state index in [-0.39, 0.29) is 6.04 Å². The summed E-state index contributed by atoms with van der Waals surface area (Å²) in [5.74, 6) is 2.50. The second kappa shape index (κ2) is 5.90. The molecule has 0 bridgehead atoms. The lowest BCUT2D eigenvalue weighted by atomic mass is 9.92. The van der Waals surface area contributed by atoms with E-state index in [2.05, 4.69) is 22.9 Å². The van der Waals surface area contributed by atoms with Crippen LogP contribution in [0.5, 0.6) is 5.75 Å². The van der Waals surface area contributed by atoms with E-state index in [0.717, 1.165) is 35.4 Å². The Kier molecular flexibility index (Phi) is 3.97. The molecule has 3 rings (SSSR count). The van der Waals surface area contributed by atoms with Crippen molar-refractivity contribution < 1.29 is 4.74 Å². The molecule has 0 spiro atoms. The fourth-order valence-electron chi connectivity index (χ4n) is 3.22. The highest BCUT2D eigenvalue weighted by atomic mass is 16.5. The molecular weight excluding hydrogens is 262 g/mol. The highest BCUT2D eigenvalue weighted by molar-refractivity contribution is 5.96. The van der Waals surface area contributed by atoms with E-state index in [4.69, 9.17) is 10.5 Å². The fraction of sp³-hybridized carbons (Fsp3) is 0.471. The summed E-state index contributed by atoms with van der Waals surface area (Å²) in [6.07, 6.45) is 4.26. The third-order valence-corrected chi connectivity index (χ3v) is 4.47. The number of hydrogen-bond acceptors (Lipinski definition) is 4. The van der Waals surface area contributed by atoms with Crippen molar-refractivity contribution >= 4 is 16.6 Å². The van der Waals surface area contributed by atoms with Crippen LogP contribution in [0.4, 0.5) is 5.82 Å². The zero-order valence-electron chi connectivity index (χ0n) is 12.7. The third-order valence-electron chi connectivity index (χ3n) is 4.47. The number of hydrogen-bond donors (Lipinski definition) is 1. The number of anilines is 1. The predicted molar refractivity (Wildman–Crippen MR) is 86.9 cm³/mol. The Labute approximate surface area is 125 Å². The maximum Gasteiger partial charge on any atom is 0.136 e. The van der Waals surface area contributed by atoms with E-state index in [1.807, 2.05) is 24.4 Å². The van der Waals surface area contributed by atoms with Gasteiger partial charge in [0.1, 0.15) is 11.6 Å². The van der Waals surface area contributed by atoms with Crippen LogP contribution in [0.15, 0.2) is 30.5 Å². The number of piperidine rings is 1. The normalized spacial score (nSPS) is 20.5. The summed E-state index contributed by atoms with van der Waals surface area (Å²) in [6.45, 7) is 4.14. The highest BCUT2D eigenvalue weighted by Crippen LogP contribution is 2.33. The molecule has 1 aromatic heterocycles. The minimum absolute atomic E-state index is 0.234. The van der Waals surface area contributed by atoms with Gasteiger partial charge in [-0.15, -0.1) is 0 Å².